The summed E-state index contributed by atoms with van der Waals surface area (Å²) in [5.74, 6) is 1.73. The summed E-state index contributed by atoms with van der Waals surface area (Å²) in [6.07, 6.45) is 0.418. The molecule has 0 fully saturated rings. The van der Waals surface area contributed by atoms with Crippen LogP contribution in [0.4, 0.5) is 5.69 Å². The Labute approximate surface area is 160 Å². The van der Waals surface area contributed by atoms with E-state index in [1.165, 1.54) is 11.1 Å². The number of rotatable bonds is 7. The first-order valence-corrected chi connectivity index (χ1v) is 9.21. The number of nitrogens with one attached hydrogen (secondary N) is 1. The van der Waals surface area contributed by atoms with Crippen LogP contribution in [0.15, 0.2) is 36.4 Å². The van der Waals surface area contributed by atoms with Crippen molar-refractivity contribution < 1.29 is 19.7 Å². The molecule has 27 heavy (non-hydrogen) atoms. The van der Waals surface area contributed by atoms with E-state index < -0.39 is 6.10 Å². The zero-order valence-electron chi connectivity index (χ0n) is 16.1. The fourth-order valence-electron chi connectivity index (χ4n) is 3.60. The highest BCUT2D eigenvalue weighted by Gasteiger charge is 2.27. The van der Waals surface area contributed by atoms with Crippen LogP contribution in [0.3, 0.4) is 0 Å². The standard InChI is InChI=1S/C21H28N2O4/c1-14-19-11-21(27-3)20(26-2)10-15(19)8-9-23(14)13-18(25)12-22-16-4-6-17(24)7-5-16/h4-7,10-11,14,18,22,24-25H,8-9,12-13H2,1-3H3/t14-,18?/m0/s1. The van der Waals surface area contributed by atoms with E-state index in [1.807, 2.05) is 6.07 Å². The SMILES string of the molecule is COc1cc2c(cc1OC)[C@H](C)N(CC(O)CNc1ccc(O)cc1)CC2. The van der Waals surface area contributed by atoms with E-state index in [4.69, 9.17) is 9.47 Å². The van der Waals surface area contributed by atoms with E-state index >= 15 is 0 Å². The van der Waals surface area contributed by atoms with Crippen LogP contribution in [0.25, 0.3) is 0 Å². The normalized spacial score (nSPS) is 17.9. The van der Waals surface area contributed by atoms with Gasteiger partial charge in [-0.2, -0.15) is 0 Å². The van der Waals surface area contributed by atoms with Gasteiger partial charge in [0.1, 0.15) is 5.75 Å². The Bertz CT molecular complexity index is 764. The molecule has 2 atom stereocenters. The molecule has 0 saturated heterocycles. The lowest BCUT2D eigenvalue weighted by Gasteiger charge is -2.37. The molecule has 1 aliphatic heterocycles. The highest BCUT2D eigenvalue weighted by Crippen LogP contribution is 2.37. The Hall–Kier alpha value is -2.44. The Kier molecular flexibility index (Phi) is 6.08. The molecule has 3 rings (SSSR count). The third kappa shape index (κ3) is 4.46. The van der Waals surface area contributed by atoms with Gasteiger partial charge in [-0.1, -0.05) is 0 Å². The molecule has 146 valence electrons. The fraction of sp³-hybridized carbons (Fsp3) is 0.429. The average Bonchev–Trinajstić information content (AvgIpc) is 2.69. The minimum Gasteiger partial charge on any atom is -0.508 e. The smallest absolute Gasteiger partial charge is 0.161 e. The fourth-order valence-corrected chi connectivity index (χ4v) is 3.60. The van der Waals surface area contributed by atoms with Crippen molar-refractivity contribution in [3.8, 4) is 17.2 Å². The van der Waals surface area contributed by atoms with Gasteiger partial charge in [0.2, 0.25) is 0 Å². The number of nitrogens with zero attached hydrogens (tertiary/aromatic N) is 1. The number of ether oxygens (including phenoxy) is 2. The van der Waals surface area contributed by atoms with Crippen LogP contribution in [0.2, 0.25) is 0 Å². The van der Waals surface area contributed by atoms with E-state index in [0.717, 1.165) is 30.2 Å². The molecular weight excluding hydrogens is 344 g/mol. The number of phenolic OH excluding ortho intramolecular Hbond substituents is 1. The second kappa shape index (κ2) is 8.50. The number of β-amino-alcohol motifs (C(OH)–C–C–N with tert-alkyl or cyclic N) is 1. The van der Waals surface area contributed by atoms with E-state index in [-0.39, 0.29) is 11.8 Å². The van der Waals surface area contributed by atoms with Crippen LogP contribution in [0.5, 0.6) is 17.2 Å². The first-order chi connectivity index (χ1) is 13.0. The number of aliphatic hydroxyl groups excluding tert-OH is 1. The van der Waals surface area contributed by atoms with Gasteiger partial charge in [-0.15, -0.1) is 0 Å². The first kappa shape index (κ1) is 19.3. The first-order valence-electron chi connectivity index (χ1n) is 9.21. The zero-order chi connectivity index (χ0) is 19.4. The zero-order valence-corrected chi connectivity index (χ0v) is 16.1. The van der Waals surface area contributed by atoms with E-state index in [0.29, 0.717) is 13.1 Å². The summed E-state index contributed by atoms with van der Waals surface area (Å²) >= 11 is 0. The van der Waals surface area contributed by atoms with E-state index in [9.17, 15) is 10.2 Å². The minimum absolute atomic E-state index is 0.192. The van der Waals surface area contributed by atoms with Crippen LogP contribution in [-0.2, 0) is 6.42 Å². The molecule has 0 aliphatic carbocycles. The molecule has 0 spiro atoms. The summed E-state index contributed by atoms with van der Waals surface area (Å²) in [5.41, 5.74) is 3.37. The van der Waals surface area contributed by atoms with Crippen molar-refractivity contribution in [3.63, 3.8) is 0 Å². The van der Waals surface area contributed by atoms with Crippen molar-refractivity contribution >= 4 is 5.69 Å². The van der Waals surface area contributed by atoms with Crippen LogP contribution in [0.1, 0.15) is 24.1 Å². The second-order valence-corrected chi connectivity index (χ2v) is 6.91. The van der Waals surface area contributed by atoms with Gasteiger partial charge in [0.15, 0.2) is 11.5 Å². The molecule has 2 aromatic rings. The number of hydrogen-bond donors (Lipinski definition) is 3. The Balaban J connectivity index is 1.62. The minimum atomic E-state index is -0.497. The number of aromatic hydroxyl groups is 1. The molecular formula is C21H28N2O4. The van der Waals surface area contributed by atoms with Gasteiger partial charge in [-0.3, -0.25) is 4.90 Å². The predicted octanol–water partition coefficient (Wildman–Crippen LogP) is 2.80. The van der Waals surface area contributed by atoms with Gasteiger partial charge >= 0.3 is 0 Å². The summed E-state index contributed by atoms with van der Waals surface area (Å²) in [5, 5.41) is 23.0. The van der Waals surface area contributed by atoms with Crippen molar-refractivity contribution in [2.45, 2.75) is 25.5 Å². The van der Waals surface area contributed by atoms with Gasteiger partial charge in [-0.25, -0.2) is 0 Å². The highest BCUT2D eigenvalue weighted by atomic mass is 16.5. The second-order valence-electron chi connectivity index (χ2n) is 6.91. The largest absolute Gasteiger partial charge is 0.508 e. The molecule has 0 amide bonds. The molecule has 0 radical (unpaired) electrons. The van der Waals surface area contributed by atoms with E-state index in [2.05, 4.69) is 23.2 Å². The number of fused-ring (bicyclic) bond motifs is 1. The molecule has 1 heterocycles. The van der Waals surface area contributed by atoms with Gasteiger partial charge in [0, 0.05) is 31.4 Å². The summed E-state index contributed by atoms with van der Waals surface area (Å²) < 4.78 is 10.8. The highest BCUT2D eigenvalue weighted by molar-refractivity contribution is 5.49. The summed E-state index contributed by atoms with van der Waals surface area (Å²) in [6, 6.07) is 11.1. The third-order valence-corrected chi connectivity index (χ3v) is 5.17. The van der Waals surface area contributed by atoms with Crippen LogP contribution in [0, 0.1) is 0 Å². The number of aliphatic hydroxyl groups is 1. The molecule has 6 heteroatoms. The summed E-state index contributed by atoms with van der Waals surface area (Å²) in [6.45, 7) is 4.08. The number of hydrogen-bond acceptors (Lipinski definition) is 6. The van der Waals surface area contributed by atoms with Crippen molar-refractivity contribution in [2.24, 2.45) is 0 Å². The maximum Gasteiger partial charge on any atom is 0.161 e. The van der Waals surface area contributed by atoms with Gasteiger partial charge in [-0.05, 0) is 60.9 Å². The molecule has 2 aromatic carbocycles. The average molecular weight is 372 g/mol. The Morgan fingerprint density at radius 2 is 1.81 bits per heavy atom. The van der Waals surface area contributed by atoms with Crippen LogP contribution in [-0.4, -0.2) is 55.1 Å². The number of benzene rings is 2. The molecule has 6 nitrogen and oxygen atoms in total. The molecule has 0 bridgehead atoms. The van der Waals surface area contributed by atoms with Crippen molar-refractivity contribution in [1.82, 2.24) is 4.90 Å². The molecule has 0 aromatic heterocycles. The number of anilines is 1. The predicted molar refractivity (Wildman–Crippen MR) is 106 cm³/mol. The van der Waals surface area contributed by atoms with Crippen LogP contribution < -0.4 is 14.8 Å². The number of methoxy groups -OCH3 is 2. The molecule has 3 N–H and O–H groups in total. The lowest BCUT2D eigenvalue weighted by atomic mass is 9.92. The maximum absolute atomic E-state index is 10.5. The monoisotopic (exact) mass is 372 g/mol. The topological polar surface area (TPSA) is 74.2 Å². The Morgan fingerprint density at radius 3 is 2.48 bits per heavy atom. The molecule has 0 saturated carbocycles. The lowest BCUT2D eigenvalue weighted by molar-refractivity contribution is 0.0940. The maximum atomic E-state index is 10.5. The Morgan fingerprint density at radius 1 is 1.15 bits per heavy atom. The van der Waals surface area contributed by atoms with Crippen LogP contribution >= 0.6 is 0 Å². The van der Waals surface area contributed by atoms with Gasteiger partial charge in [0.25, 0.3) is 0 Å². The molecule has 1 unspecified atom stereocenters. The lowest BCUT2D eigenvalue weighted by Crippen LogP contribution is -2.41. The summed E-state index contributed by atoms with van der Waals surface area (Å²) in [4.78, 5) is 2.29. The summed E-state index contributed by atoms with van der Waals surface area (Å²) in [7, 11) is 3.30. The third-order valence-electron chi connectivity index (χ3n) is 5.17. The van der Waals surface area contributed by atoms with Crippen molar-refractivity contribution in [3.05, 3.63) is 47.5 Å². The molecule has 1 aliphatic rings. The van der Waals surface area contributed by atoms with Crippen molar-refractivity contribution in [1.29, 1.82) is 0 Å². The van der Waals surface area contributed by atoms with Gasteiger partial charge in [0.05, 0.1) is 20.3 Å². The van der Waals surface area contributed by atoms with Gasteiger partial charge < -0.3 is 25.0 Å². The van der Waals surface area contributed by atoms with E-state index in [1.54, 1.807) is 38.5 Å². The quantitative estimate of drug-likeness (QED) is 0.649. The number of phenols is 1. The van der Waals surface area contributed by atoms with Crippen molar-refractivity contribution in [2.75, 3.05) is 39.2 Å².